The predicted molar refractivity (Wildman–Crippen MR) is 109 cm³/mol. The lowest BCUT2D eigenvalue weighted by Gasteiger charge is -2.29. The number of aliphatic carboxylic acids is 1. The molecule has 2 amide bonds. The van der Waals surface area contributed by atoms with Crippen LogP contribution in [-0.2, 0) is 23.9 Å². The van der Waals surface area contributed by atoms with Crippen LogP contribution in [0.5, 0.6) is 0 Å². The van der Waals surface area contributed by atoms with E-state index in [2.05, 4.69) is 6.92 Å². The van der Waals surface area contributed by atoms with Crippen molar-refractivity contribution in [2.24, 2.45) is 17.8 Å². The lowest BCUT2D eigenvalue weighted by atomic mass is 9.96. The largest absolute Gasteiger partial charge is 0.481 e. The normalized spacial score (nSPS) is 20.1. The zero-order chi connectivity index (χ0) is 21.8. The second-order valence-electron chi connectivity index (χ2n) is 7.94. The lowest BCUT2D eigenvalue weighted by molar-refractivity contribution is -0.143. The molecule has 1 aliphatic heterocycles. The summed E-state index contributed by atoms with van der Waals surface area (Å²) in [4.78, 5) is 39.8. The van der Waals surface area contributed by atoms with E-state index < -0.39 is 11.9 Å². The molecule has 168 valence electrons. The average Bonchev–Trinajstić information content (AvgIpc) is 2.67. The predicted octanol–water partition coefficient (Wildman–Crippen LogP) is 1.87. The number of amides is 2. The van der Waals surface area contributed by atoms with Gasteiger partial charge < -0.3 is 24.4 Å². The van der Waals surface area contributed by atoms with Crippen LogP contribution in [0.2, 0.25) is 0 Å². The maximum atomic E-state index is 12.7. The van der Waals surface area contributed by atoms with Gasteiger partial charge in [0.2, 0.25) is 11.8 Å². The third-order valence-electron chi connectivity index (χ3n) is 5.34. The molecule has 1 N–H and O–H groups in total. The van der Waals surface area contributed by atoms with Crippen LogP contribution in [0.4, 0.5) is 0 Å². The average molecular weight is 415 g/mol. The van der Waals surface area contributed by atoms with E-state index in [4.69, 9.17) is 14.6 Å². The van der Waals surface area contributed by atoms with Gasteiger partial charge in [-0.2, -0.15) is 0 Å². The van der Waals surface area contributed by atoms with Crippen LogP contribution in [0.15, 0.2) is 0 Å². The van der Waals surface area contributed by atoms with Crippen LogP contribution in [0, 0.1) is 17.8 Å². The molecular formula is C21H38N2O6. The molecule has 1 heterocycles. The molecule has 0 spiro atoms. The van der Waals surface area contributed by atoms with E-state index >= 15 is 0 Å². The summed E-state index contributed by atoms with van der Waals surface area (Å²) in [6.45, 7) is 10.9. The van der Waals surface area contributed by atoms with Crippen LogP contribution in [0.25, 0.3) is 0 Å². The van der Waals surface area contributed by atoms with Crippen molar-refractivity contribution in [3.8, 4) is 0 Å². The monoisotopic (exact) mass is 414 g/mol. The van der Waals surface area contributed by atoms with Crippen molar-refractivity contribution < 1.29 is 29.0 Å². The third kappa shape index (κ3) is 9.12. The fourth-order valence-electron chi connectivity index (χ4n) is 3.48. The smallest absolute Gasteiger partial charge is 0.306 e. The minimum Gasteiger partial charge on any atom is -0.481 e. The van der Waals surface area contributed by atoms with Crippen LogP contribution in [-0.4, -0.2) is 85.3 Å². The minimum atomic E-state index is -0.891. The Kier molecular flexibility index (Phi) is 11.8. The summed E-state index contributed by atoms with van der Waals surface area (Å²) < 4.78 is 11.4. The molecule has 8 nitrogen and oxygen atoms in total. The number of hydrogen-bond donors (Lipinski definition) is 1. The molecule has 0 bridgehead atoms. The Morgan fingerprint density at radius 3 is 1.59 bits per heavy atom. The fraction of sp³-hybridized carbons (Fsp3) is 0.857. The Labute approximate surface area is 174 Å². The van der Waals surface area contributed by atoms with Crippen LogP contribution in [0.1, 0.15) is 47.0 Å². The molecule has 1 fully saturated rings. The van der Waals surface area contributed by atoms with Crippen molar-refractivity contribution in [2.75, 3.05) is 52.6 Å². The topological polar surface area (TPSA) is 96.4 Å². The Morgan fingerprint density at radius 2 is 1.21 bits per heavy atom. The Hall–Kier alpha value is -1.67. The second kappa shape index (κ2) is 13.5. The molecule has 0 aromatic rings. The summed E-state index contributed by atoms with van der Waals surface area (Å²) in [5, 5.41) is 9.06. The third-order valence-corrected chi connectivity index (χ3v) is 5.34. The quantitative estimate of drug-likeness (QED) is 0.683. The Balaban J connectivity index is 2.58. The van der Waals surface area contributed by atoms with Gasteiger partial charge in [0.05, 0.1) is 32.3 Å². The van der Waals surface area contributed by atoms with Crippen LogP contribution >= 0.6 is 0 Å². The van der Waals surface area contributed by atoms with Gasteiger partial charge in [0, 0.05) is 38.0 Å². The molecule has 3 atom stereocenters. The van der Waals surface area contributed by atoms with E-state index in [1.54, 1.807) is 23.6 Å². The highest BCUT2D eigenvalue weighted by Crippen LogP contribution is 2.15. The van der Waals surface area contributed by atoms with Gasteiger partial charge in [-0.1, -0.05) is 34.1 Å². The number of hydrogen-bond acceptors (Lipinski definition) is 5. The van der Waals surface area contributed by atoms with Crippen molar-refractivity contribution in [1.82, 2.24) is 9.80 Å². The molecule has 0 saturated carbocycles. The number of carboxylic acid groups (broad SMARTS) is 1. The van der Waals surface area contributed by atoms with Gasteiger partial charge in [0.25, 0.3) is 0 Å². The maximum Gasteiger partial charge on any atom is 0.306 e. The minimum absolute atomic E-state index is 0.00398. The van der Waals surface area contributed by atoms with Crippen LogP contribution < -0.4 is 0 Å². The van der Waals surface area contributed by atoms with Gasteiger partial charge in [-0.3, -0.25) is 14.4 Å². The molecule has 0 unspecified atom stereocenters. The number of carbonyl (C=O) groups excluding carboxylic acids is 2. The van der Waals surface area contributed by atoms with Crippen LogP contribution in [0.3, 0.4) is 0 Å². The molecule has 0 aromatic carbocycles. The van der Waals surface area contributed by atoms with Gasteiger partial charge in [0.15, 0.2) is 0 Å². The molecule has 29 heavy (non-hydrogen) atoms. The number of carbonyl (C=O) groups is 3. The van der Waals surface area contributed by atoms with Crippen molar-refractivity contribution in [2.45, 2.75) is 47.0 Å². The number of carboxylic acids is 1. The summed E-state index contributed by atoms with van der Waals surface area (Å²) in [5.74, 6) is -1.77. The SMILES string of the molecule is CCC[C@H](C)C(=O)N1CCOCCN(C(=O)[C@@H](C)C[C@H](C)C(=O)O)CCOCC1. The number of ether oxygens (including phenoxy) is 2. The molecule has 8 heteroatoms. The van der Waals surface area contributed by atoms with E-state index in [1.165, 1.54) is 0 Å². The van der Waals surface area contributed by atoms with Gasteiger partial charge in [-0.05, 0) is 12.8 Å². The van der Waals surface area contributed by atoms with E-state index in [1.807, 2.05) is 6.92 Å². The van der Waals surface area contributed by atoms with Gasteiger partial charge in [-0.25, -0.2) is 0 Å². The summed E-state index contributed by atoms with van der Waals surface area (Å²) in [6.07, 6.45) is 2.15. The molecule has 0 radical (unpaired) electrons. The van der Waals surface area contributed by atoms with E-state index in [-0.39, 0.29) is 23.7 Å². The molecular weight excluding hydrogens is 376 g/mol. The summed E-state index contributed by atoms with van der Waals surface area (Å²) in [7, 11) is 0. The first kappa shape index (κ1) is 25.4. The van der Waals surface area contributed by atoms with E-state index in [0.717, 1.165) is 12.8 Å². The molecule has 1 saturated heterocycles. The number of rotatable bonds is 7. The Bertz CT molecular complexity index is 513. The van der Waals surface area contributed by atoms with Crippen molar-refractivity contribution in [3.05, 3.63) is 0 Å². The summed E-state index contributed by atoms with van der Waals surface area (Å²) in [5.41, 5.74) is 0. The standard InChI is InChI=1S/C21H38N2O6/c1-5-6-16(2)19(24)22-7-11-28-13-9-23(10-14-29-12-8-22)20(25)17(3)15-18(4)21(26)27/h16-18H,5-15H2,1-4H3,(H,26,27)/t16-,17-,18-/m0/s1. The highest BCUT2D eigenvalue weighted by molar-refractivity contribution is 5.79. The van der Waals surface area contributed by atoms with E-state index in [0.29, 0.717) is 59.0 Å². The lowest BCUT2D eigenvalue weighted by Crippen LogP contribution is -2.43. The van der Waals surface area contributed by atoms with E-state index in [9.17, 15) is 14.4 Å². The fourth-order valence-corrected chi connectivity index (χ4v) is 3.48. The first-order valence-electron chi connectivity index (χ1n) is 10.7. The first-order chi connectivity index (χ1) is 13.8. The zero-order valence-electron chi connectivity index (χ0n) is 18.4. The van der Waals surface area contributed by atoms with Gasteiger partial charge in [0.1, 0.15) is 0 Å². The Morgan fingerprint density at radius 1 is 0.793 bits per heavy atom. The van der Waals surface area contributed by atoms with Crippen molar-refractivity contribution in [3.63, 3.8) is 0 Å². The second-order valence-corrected chi connectivity index (χ2v) is 7.94. The highest BCUT2D eigenvalue weighted by Gasteiger charge is 2.25. The zero-order valence-corrected chi connectivity index (χ0v) is 18.4. The molecule has 0 aromatic heterocycles. The molecule has 1 rings (SSSR count). The van der Waals surface area contributed by atoms with Crippen molar-refractivity contribution in [1.29, 1.82) is 0 Å². The summed E-state index contributed by atoms with van der Waals surface area (Å²) >= 11 is 0. The maximum absolute atomic E-state index is 12.7. The van der Waals surface area contributed by atoms with Gasteiger partial charge in [-0.15, -0.1) is 0 Å². The number of nitrogens with zero attached hydrogens (tertiary/aromatic N) is 2. The molecule has 1 aliphatic rings. The highest BCUT2D eigenvalue weighted by atomic mass is 16.5. The van der Waals surface area contributed by atoms with Crippen molar-refractivity contribution >= 4 is 17.8 Å². The molecule has 0 aliphatic carbocycles. The van der Waals surface area contributed by atoms with Gasteiger partial charge >= 0.3 is 5.97 Å². The first-order valence-corrected chi connectivity index (χ1v) is 10.7. The summed E-state index contributed by atoms with van der Waals surface area (Å²) in [6, 6.07) is 0.